The molecule has 0 saturated carbocycles. The molecule has 2 fully saturated rings. The van der Waals surface area contributed by atoms with Crippen LogP contribution >= 0.6 is 0 Å². The van der Waals surface area contributed by atoms with Crippen molar-refractivity contribution in [1.82, 2.24) is 9.88 Å². The second-order valence-corrected chi connectivity index (χ2v) is 7.33. The van der Waals surface area contributed by atoms with Crippen LogP contribution < -0.4 is 0 Å². The Hall–Kier alpha value is -1.72. The van der Waals surface area contributed by atoms with Crippen molar-refractivity contribution in [3.8, 4) is 0 Å². The third-order valence-electron chi connectivity index (χ3n) is 5.90. The fraction of sp³-hybridized carbons (Fsp3) is 0.600. The number of amides is 1. The van der Waals surface area contributed by atoms with E-state index in [-0.39, 0.29) is 17.4 Å². The summed E-state index contributed by atoms with van der Waals surface area (Å²) in [6.45, 7) is 5.63. The Balaban J connectivity index is 1.67. The van der Waals surface area contributed by atoms with E-state index in [4.69, 9.17) is 9.47 Å². The minimum Gasteiger partial charge on any atom is -0.380 e. The van der Waals surface area contributed by atoms with E-state index < -0.39 is 0 Å². The summed E-state index contributed by atoms with van der Waals surface area (Å²) >= 11 is 0. The van der Waals surface area contributed by atoms with Crippen LogP contribution in [0, 0.1) is 12.3 Å². The quantitative estimate of drug-likeness (QED) is 0.776. The molecule has 1 amide bonds. The maximum Gasteiger partial charge on any atom is 0.272 e. The lowest BCUT2D eigenvalue weighted by Crippen LogP contribution is -2.59. The first-order valence-corrected chi connectivity index (χ1v) is 9.30. The number of pyridine rings is 1. The second kappa shape index (κ2) is 6.89. The van der Waals surface area contributed by atoms with Crippen LogP contribution in [0.2, 0.25) is 0 Å². The number of aromatic nitrogens is 1. The molecule has 0 aromatic carbocycles. The van der Waals surface area contributed by atoms with Crippen molar-refractivity contribution in [2.45, 2.75) is 38.6 Å². The number of rotatable bonds is 2. The molecular weight excluding hydrogens is 316 g/mol. The van der Waals surface area contributed by atoms with Crippen LogP contribution in [0.5, 0.6) is 0 Å². The van der Waals surface area contributed by atoms with Crippen LogP contribution in [0.1, 0.15) is 41.9 Å². The van der Waals surface area contributed by atoms with Crippen molar-refractivity contribution >= 4 is 5.91 Å². The zero-order valence-corrected chi connectivity index (χ0v) is 14.9. The van der Waals surface area contributed by atoms with Crippen molar-refractivity contribution < 1.29 is 14.3 Å². The largest absolute Gasteiger partial charge is 0.380 e. The lowest BCUT2D eigenvalue weighted by Gasteiger charge is -2.54. The van der Waals surface area contributed by atoms with Gasteiger partial charge in [0.2, 0.25) is 0 Å². The highest BCUT2D eigenvalue weighted by molar-refractivity contribution is 5.92. The molecule has 0 aliphatic carbocycles. The maximum absolute atomic E-state index is 13.2. The van der Waals surface area contributed by atoms with E-state index in [2.05, 4.69) is 16.0 Å². The van der Waals surface area contributed by atoms with Gasteiger partial charge in [-0.25, -0.2) is 4.98 Å². The number of ether oxygens (including phenoxy) is 2. The van der Waals surface area contributed by atoms with Crippen LogP contribution in [0.15, 0.2) is 29.8 Å². The normalized spacial score (nSPS) is 29.7. The van der Waals surface area contributed by atoms with Gasteiger partial charge in [-0.3, -0.25) is 4.79 Å². The van der Waals surface area contributed by atoms with Gasteiger partial charge >= 0.3 is 0 Å². The van der Waals surface area contributed by atoms with Gasteiger partial charge in [0.05, 0.1) is 19.8 Å². The van der Waals surface area contributed by atoms with E-state index in [9.17, 15) is 4.79 Å². The van der Waals surface area contributed by atoms with Gasteiger partial charge in [-0.15, -0.1) is 0 Å². The highest BCUT2D eigenvalue weighted by Crippen LogP contribution is 2.48. The molecule has 2 atom stereocenters. The number of piperidine rings is 1. The zero-order valence-electron chi connectivity index (χ0n) is 14.9. The molecule has 1 unspecified atom stereocenters. The minimum atomic E-state index is -0.0419. The van der Waals surface area contributed by atoms with Gasteiger partial charge in [0, 0.05) is 30.3 Å². The predicted octanol–water partition coefficient (Wildman–Crippen LogP) is 2.75. The van der Waals surface area contributed by atoms with Gasteiger partial charge in [-0.2, -0.15) is 0 Å². The Bertz CT molecular complexity index is 683. The topological polar surface area (TPSA) is 51.7 Å². The Morgan fingerprint density at radius 2 is 2.24 bits per heavy atom. The highest BCUT2D eigenvalue weighted by Gasteiger charge is 2.50. The molecule has 25 heavy (non-hydrogen) atoms. The molecular formula is C20H26N2O3. The highest BCUT2D eigenvalue weighted by atomic mass is 16.5. The molecule has 4 heterocycles. The zero-order chi connectivity index (χ0) is 17.3. The molecule has 134 valence electrons. The van der Waals surface area contributed by atoms with Crippen LogP contribution in [-0.4, -0.2) is 54.8 Å². The summed E-state index contributed by atoms with van der Waals surface area (Å²) in [5, 5.41) is 0. The van der Waals surface area contributed by atoms with Crippen molar-refractivity contribution in [3.05, 3.63) is 41.2 Å². The third kappa shape index (κ3) is 3.00. The third-order valence-corrected chi connectivity index (χ3v) is 5.90. The van der Waals surface area contributed by atoms with E-state index in [0.29, 0.717) is 18.9 Å². The summed E-state index contributed by atoms with van der Waals surface area (Å²) in [5.41, 5.74) is 2.83. The maximum atomic E-state index is 13.2. The number of carbonyl (C=O) groups is 1. The van der Waals surface area contributed by atoms with Crippen molar-refractivity contribution in [3.63, 3.8) is 0 Å². The number of carbonyl (C=O) groups excluding carboxylic acids is 1. The van der Waals surface area contributed by atoms with E-state index in [1.165, 1.54) is 5.57 Å². The van der Waals surface area contributed by atoms with Gasteiger partial charge in [0.25, 0.3) is 5.91 Å². The second-order valence-electron chi connectivity index (χ2n) is 7.33. The Morgan fingerprint density at radius 3 is 3.04 bits per heavy atom. The molecule has 4 rings (SSSR count). The number of aryl methyl sites for hydroxylation is 1. The van der Waals surface area contributed by atoms with Crippen LogP contribution in [0.4, 0.5) is 0 Å². The van der Waals surface area contributed by atoms with Gasteiger partial charge < -0.3 is 14.4 Å². The van der Waals surface area contributed by atoms with Crippen molar-refractivity contribution in [2.75, 3.05) is 33.0 Å². The Morgan fingerprint density at radius 1 is 1.32 bits per heavy atom. The first-order valence-electron chi connectivity index (χ1n) is 9.30. The Kier molecular flexibility index (Phi) is 4.61. The summed E-state index contributed by atoms with van der Waals surface area (Å²) in [7, 11) is 0. The van der Waals surface area contributed by atoms with Gasteiger partial charge in [0.15, 0.2) is 0 Å². The molecule has 0 bridgehead atoms. The number of fused-ring (bicyclic) bond motifs is 1. The van der Waals surface area contributed by atoms with E-state index in [0.717, 1.165) is 51.1 Å². The average molecular weight is 342 g/mol. The number of likely N-dealkylation sites (tertiary alicyclic amines) is 1. The van der Waals surface area contributed by atoms with Gasteiger partial charge in [0.1, 0.15) is 5.69 Å². The summed E-state index contributed by atoms with van der Waals surface area (Å²) in [4.78, 5) is 19.7. The monoisotopic (exact) mass is 342 g/mol. The summed E-state index contributed by atoms with van der Waals surface area (Å²) in [5.74, 6) is 0.0623. The standard InChI is InChI=1S/C20H26N2O3/c1-15-4-2-5-17(21-15)19(23)22-10-3-9-20(14-25-13-8-18(20)22)16-6-11-24-12-7-16/h2,4-6,18H,3,7-14H2,1H3/t18?,20-/m0/s1. The molecule has 5 nitrogen and oxygen atoms in total. The number of nitrogens with zero attached hydrogens (tertiary/aromatic N) is 2. The molecule has 0 N–H and O–H groups in total. The lowest BCUT2D eigenvalue weighted by molar-refractivity contribution is -0.0740. The molecule has 0 spiro atoms. The molecule has 2 saturated heterocycles. The smallest absolute Gasteiger partial charge is 0.272 e. The minimum absolute atomic E-state index is 0.0419. The van der Waals surface area contributed by atoms with Gasteiger partial charge in [-0.1, -0.05) is 17.7 Å². The van der Waals surface area contributed by atoms with E-state index in [1.807, 2.05) is 25.1 Å². The SMILES string of the molecule is Cc1cccc(C(=O)N2CCC[C@@]3(C4=CCOCC4)COCCC23)n1. The lowest BCUT2D eigenvalue weighted by atomic mass is 9.65. The number of hydrogen-bond acceptors (Lipinski definition) is 4. The Labute approximate surface area is 149 Å². The van der Waals surface area contributed by atoms with E-state index in [1.54, 1.807) is 0 Å². The predicted molar refractivity (Wildman–Crippen MR) is 94.4 cm³/mol. The van der Waals surface area contributed by atoms with Crippen molar-refractivity contribution in [1.29, 1.82) is 0 Å². The van der Waals surface area contributed by atoms with Crippen molar-refractivity contribution in [2.24, 2.45) is 5.41 Å². The molecule has 3 aliphatic heterocycles. The average Bonchev–Trinajstić information content (AvgIpc) is 2.67. The molecule has 0 radical (unpaired) electrons. The first-order chi connectivity index (χ1) is 12.2. The molecule has 1 aromatic rings. The van der Waals surface area contributed by atoms with Crippen LogP contribution in [-0.2, 0) is 9.47 Å². The molecule has 3 aliphatic rings. The van der Waals surface area contributed by atoms with Crippen LogP contribution in [0.3, 0.4) is 0 Å². The summed E-state index contributed by atoms with van der Waals surface area (Å²) < 4.78 is 11.4. The summed E-state index contributed by atoms with van der Waals surface area (Å²) in [6, 6.07) is 5.88. The molecule has 5 heteroatoms. The van der Waals surface area contributed by atoms with Crippen LogP contribution in [0.25, 0.3) is 0 Å². The fourth-order valence-electron chi connectivity index (χ4n) is 4.73. The van der Waals surface area contributed by atoms with E-state index >= 15 is 0 Å². The fourth-order valence-corrected chi connectivity index (χ4v) is 4.73. The molecule has 1 aromatic heterocycles. The first kappa shape index (κ1) is 16.7. The van der Waals surface area contributed by atoms with Gasteiger partial charge in [-0.05, 0) is 44.7 Å². The summed E-state index contributed by atoms with van der Waals surface area (Å²) in [6.07, 6.45) is 6.18. The number of hydrogen-bond donors (Lipinski definition) is 0.